The summed E-state index contributed by atoms with van der Waals surface area (Å²) in [6, 6.07) is 1.63. The van der Waals surface area contributed by atoms with Crippen LogP contribution in [-0.2, 0) is 6.42 Å². The van der Waals surface area contributed by atoms with Crippen molar-refractivity contribution in [2.45, 2.75) is 46.5 Å². The SMILES string of the molecule is CCCCCc1cc(OC(=O)O)c(O)c(C)c1C. The molecule has 0 heterocycles. The van der Waals surface area contributed by atoms with Crippen molar-refractivity contribution in [1.29, 1.82) is 0 Å². The van der Waals surface area contributed by atoms with Crippen LogP contribution in [0.15, 0.2) is 6.07 Å². The fourth-order valence-electron chi connectivity index (χ4n) is 1.94. The van der Waals surface area contributed by atoms with Crippen molar-refractivity contribution in [3.8, 4) is 11.5 Å². The predicted molar refractivity (Wildman–Crippen MR) is 69.5 cm³/mol. The summed E-state index contributed by atoms with van der Waals surface area (Å²) in [4.78, 5) is 10.6. The lowest BCUT2D eigenvalue weighted by Gasteiger charge is -2.13. The predicted octanol–water partition coefficient (Wildman–Crippen LogP) is 3.80. The van der Waals surface area contributed by atoms with E-state index < -0.39 is 6.16 Å². The molecular formula is C14H20O4. The molecule has 0 saturated heterocycles. The van der Waals surface area contributed by atoms with Crippen molar-refractivity contribution >= 4 is 6.16 Å². The molecule has 1 rings (SSSR count). The van der Waals surface area contributed by atoms with Crippen LogP contribution in [0.3, 0.4) is 0 Å². The number of aryl methyl sites for hydroxylation is 1. The van der Waals surface area contributed by atoms with Crippen LogP contribution >= 0.6 is 0 Å². The van der Waals surface area contributed by atoms with E-state index >= 15 is 0 Å². The Labute approximate surface area is 107 Å². The van der Waals surface area contributed by atoms with Crippen molar-refractivity contribution in [2.75, 3.05) is 0 Å². The van der Waals surface area contributed by atoms with Gasteiger partial charge in [-0.3, -0.25) is 0 Å². The molecule has 18 heavy (non-hydrogen) atoms. The largest absolute Gasteiger partial charge is 0.511 e. The highest BCUT2D eigenvalue weighted by atomic mass is 16.7. The van der Waals surface area contributed by atoms with E-state index in [2.05, 4.69) is 11.7 Å². The van der Waals surface area contributed by atoms with E-state index in [-0.39, 0.29) is 11.5 Å². The number of unbranched alkanes of at least 4 members (excludes halogenated alkanes) is 2. The van der Waals surface area contributed by atoms with Gasteiger partial charge in [0.15, 0.2) is 11.5 Å². The lowest BCUT2D eigenvalue weighted by molar-refractivity contribution is 0.142. The van der Waals surface area contributed by atoms with Crippen LogP contribution in [0.4, 0.5) is 4.79 Å². The summed E-state index contributed by atoms with van der Waals surface area (Å²) in [6.07, 6.45) is 2.78. The lowest BCUT2D eigenvalue weighted by Crippen LogP contribution is -2.05. The number of ether oxygens (including phenoxy) is 1. The number of hydrogen-bond acceptors (Lipinski definition) is 3. The Bertz CT molecular complexity index is 438. The molecule has 0 saturated carbocycles. The van der Waals surface area contributed by atoms with Gasteiger partial charge in [0.2, 0.25) is 0 Å². The highest BCUT2D eigenvalue weighted by Gasteiger charge is 2.15. The van der Waals surface area contributed by atoms with Crippen molar-refractivity contribution < 1.29 is 19.7 Å². The van der Waals surface area contributed by atoms with Crippen molar-refractivity contribution in [1.82, 2.24) is 0 Å². The van der Waals surface area contributed by atoms with Gasteiger partial charge in [-0.25, -0.2) is 4.79 Å². The first-order valence-corrected chi connectivity index (χ1v) is 6.20. The van der Waals surface area contributed by atoms with E-state index in [1.807, 2.05) is 6.92 Å². The summed E-state index contributed by atoms with van der Waals surface area (Å²) in [6.45, 7) is 5.83. The molecule has 2 N–H and O–H groups in total. The van der Waals surface area contributed by atoms with Crippen molar-refractivity contribution in [2.24, 2.45) is 0 Å². The number of carboxylic acid groups (broad SMARTS) is 1. The van der Waals surface area contributed by atoms with Gasteiger partial charge in [0, 0.05) is 0 Å². The number of hydrogen-bond donors (Lipinski definition) is 2. The molecule has 100 valence electrons. The minimum absolute atomic E-state index is 0.0251. The average molecular weight is 252 g/mol. The van der Waals surface area contributed by atoms with Crippen LogP contribution < -0.4 is 4.74 Å². The monoisotopic (exact) mass is 252 g/mol. The molecule has 0 bridgehead atoms. The molecule has 0 aliphatic heterocycles. The molecule has 0 aliphatic rings. The van der Waals surface area contributed by atoms with Crippen LogP contribution in [-0.4, -0.2) is 16.4 Å². The highest BCUT2D eigenvalue weighted by molar-refractivity contribution is 5.65. The van der Waals surface area contributed by atoms with E-state index in [0.717, 1.165) is 36.8 Å². The van der Waals surface area contributed by atoms with E-state index in [1.54, 1.807) is 13.0 Å². The first-order chi connectivity index (χ1) is 8.47. The maximum atomic E-state index is 10.6. The van der Waals surface area contributed by atoms with Gasteiger partial charge >= 0.3 is 6.16 Å². The van der Waals surface area contributed by atoms with Crippen LogP contribution in [0, 0.1) is 13.8 Å². The number of phenolic OH excluding ortho intramolecular Hbond substituents is 1. The second-order valence-electron chi connectivity index (χ2n) is 4.46. The van der Waals surface area contributed by atoms with E-state index in [9.17, 15) is 9.90 Å². The molecule has 0 unspecified atom stereocenters. The Balaban J connectivity index is 3.02. The van der Waals surface area contributed by atoms with E-state index in [4.69, 9.17) is 5.11 Å². The third kappa shape index (κ3) is 3.39. The summed E-state index contributed by atoms with van der Waals surface area (Å²) < 4.78 is 4.59. The third-order valence-electron chi connectivity index (χ3n) is 3.19. The van der Waals surface area contributed by atoms with E-state index in [0.29, 0.717) is 5.56 Å². The number of aromatic hydroxyl groups is 1. The summed E-state index contributed by atoms with van der Waals surface area (Å²) in [5.41, 5.74) is 2.72. The quantitative estimate of drug-likeness (QED) is 0.475. The maximum Gasteiger partial charge on any atom is 0.511 e. The van der Waals surface area contributed by atoms with Crippen LogP contribution in [0.25, 0.3) is 0 Å². The van der Waals surface area contributed by atoms with Gasteiger partial charge in [0.1, 0.15) is 0 Å². The molecule has 0 amide bonds. The van der Waals surface area contributed by atoms with Gasteiger partial charge in [-0.05, 0) is 49.4 Å². The Kier molecular flexibility index (Phi) is 5.01. The van der Waals surface area contributed by atoms with Gasteiger partial charge in [-0.15, -0.1) is 0 Å². The minimum Gasteiger partial charge on any atom is -0.504 e. The smallest absolute Gasteiger partial charge is 0.504 e. The van der Waals surface area contributed by atoms with E-state index in [1.165, 1.54) is 0 Å². The van der Waals surface area contributed by atoms with Gasteiger partial charge < -0.3 is 14.9 Å². The second kappa shape index (κ2) is 6.28. The summed E-state index contributed by atoms with van der Waals surface area (Å²) in [5.74, 6) is -0.0637. The zero-order valence-corrected chi connectivity index (χ0v) is 11.1. The minimum atomic E-state index is -1.41. The Hall–Kier alpha value is -1.71. The molecule has 0 radical (unpaired) electrons. The Morgan fingerprint density at radius 2 is 1.94 bits per heavy atom. The molecule has 1 aromatic carbocycles. The standard InChI is InChI=1S/C14H20O4/c1-4-5-6-7-11-8-12(18-14(16)17)13(15)10(3)9(11)2/h8,15H,4-7H2,1-3H3,(H,16,17). The topological polar surface area (TPSA) is 66.8 Å². The normalized spacial score (nSPS) is 10.4. The Morgan fingerprint density at radius 1 is 1.28 bits per heavy atom. The molecular weight excluding hydrogens is 232 g/mol. The van der Waals surface area contributed by atoms with Gasteiger partial charge in [0.25, 0.3) is 0 Å². The molecule has 0 spiro atoms. The first kappa shape index (κ1) is 14.4. The Morgan fingerprint density at radius 3 is 2.50 bits per heavy atom. The molecule has 4 heteroatoms. The van der Waals surface area contributed by atoms with Gasteiger partial charge in [0.05, 0.1) is 0 Å². The summed E-state index contributed by atoms with van der Waals surface area (Å²) in [7, 11) is 0. The van der Waals surface area contributed by atoms with Crippen LogP contribution in [0.1, 0.15) is 42.9 Å². The molecule has 4 nitrogen and oxygen atoms in total. The molecule has 0 aromatic heterocycles. The zero-order chi connectivity index (χ0) is 13.7. The number of phenols is 1. The number of carbonyl (C=O) groups is 1. The average Bonchev–Trinajstić information content (AvgIpc) is 2.31. The molecule has 0 fully saturated rings. The molecule has 0 aliphatic carbocycles. The first-order valence-electron chi connectivity index (χ1n) is 6.20. The van der Waals surface area contributed by atoms with Gasteiger partial charge in [-0.2, -0.15) is 0 Å². The number of rotatable bonds is 5. The summed E-state index contributed by atoms with van der Waals surface area (Å²) in [5, 5.41) is 18.5. The van der Waals surface area contributed by atoms with Crippen LogP contribution in [0.2, 0.25) is 0 Å². The number of benzene rings is 1. The van der Waals surface area contributed by atoms with Crippen molar-refractivity contribution in [3.05, 3.63) is 22.8 Å². The van der Waals surface area contributed by atoms with Crippen LogP contribution in [0.5, 0.6) is 11.5 Å². The fourth-order valence-corrected chi connectivity index (χ4v) is 1.94. The highest BCUT2D eigenvalue weighted by Crippen LogP contribution is 2.35. The van der Waals surface area contributed by atoms with Crippen molar-refractivity contribution in [3.63, 3.8) is 0 Å². The second-order valence-corrected chi connectivity index (χ2v) is 4.46. The fraction of sp³-hybridized carbons (Fsp3) is 0.500. The maximum absolute atomic E-state index is 10.6. The lowest BCUT2D eigenvalue weighted by atomic mass is 9.97. The third-order valence-corrected chi connectivity index (χ3v) is 3.19. The molecule has 1 aromatic rings. The molecule has 0 atom stereocenters. The van der Waals surface area contributed by atoms with Gasteiger partial charge in [-0.1, -0.05) is 19.8 Å². The zero-order valence-electron chi connectivity index (χ0n) is 11.1. The summed E-state index contributed by atoms with van der Waals surface area (Å²) >= 11 is 0.